The van der Waals surface area contributed by atoms with Crippen molar-refractivity contribution in [2.75, 3.05) is 26.4 Å². The van der Waals surface area contributed by atoms with Crippen LogP contribution in [0.1, 0.15) is 33.4 Å². The molecule has 0 spiro atoms. The molecule has 52 heavy (non-hydrogen) atoms. The molecule has 0 N–H and O–H groups in total. The van der Waals surface area contributed by atoms with Gasteiger partial charge in [0.25, 0.3) is 0 Å². The smallest absolute Gasteiger partial charge is 0.130 e. The molecule has 6 heteroatoms. The average molecular weight is 719 g/mol. The van der Waals surface area contributed by atoms with E-state index in [1.165, 1.54) is 65.7 Å². The lowest BCUT2D eigenvalue weighted by molar-refractivity contribution is 0.358. The lowest BCUT2D eigenvalue weighted by Gasteiger charge is -2.26. The Labute approximate surface area is 308 Å². The Morgan fingerprint density at radius 2 is 0.654 bits per heavy atom. The van der Waals surface area contributed by atoms with E-state index in [1.54, 1.807) is 0 Å². The molecular formula is C46H40O4P2. The fourth-order valence-electron chi connectivity index (χ4n) is 8.42. The molecule has 258 valence electrons. The van der Waals surface area contributed by atoms with Gasteiger partial charge in [-0.25, -0.2) is 0 Å². The standard InChI is InChI=1S/C46H40O4P2/c1-3-15-37(35(9-1)29-51(39-17-5-11-31-21-25-47-43(31)39)40-18-6-12-32-22-26-48-44(32)40)38-16-4-2-10-36(38)30-52(41-19-7-13-33-23-27-49-45(33)41)42-20-8-14-34-24-28-50-46(34)42/h1-20H,21-30H2. The first kappa shape index (κ1) is 32.1. The van der Waals surface area contributed by atoms with Gasteiger partial charge in [0.05, 0.1) is 26.4 Å². The Morgan fingerprint density at radius 3 is 0.981 bits per heavy atom. The average Bonchev–Trinajstić information content (AvgIpc) is 4.03. The minimum atomic E-state index is -0.824. The van der Waals surface area contributed by atoms with Gasteiger partial charge in [0.15, 0.2) is 0 Å². The van der Waals surface area contributed by atoms with Crippen molar-refractivity contribution < 1.29 is 18.9 Å². The highest BCUT2D eigenvalue weighted by atomic mass is 31.1. The molecule has 0 aliphatic carbocycles. The summed E-state index contributed by atoms with van der Waals surface area (Å²) in [6.45, 7) is 2.99. The third kappa shape index (κ3) is 5.69. The highest BCUT2D eigenvalue weighted by Crippen LogP contribution is 2.50. The molecule has 4 heterocycles. The van der Waals surface area contributed by atoms with E-state index < -0.39 is 15.8 Å². The second-order valence-electron chi connectivity index (χ2n) is 13.9. The van der Waals surface area contributed by atoms with Gasteiger partial charge in [-0.3, -0.25) is 0 Å². The summed E-state index contributed by atoms with van der Waals surface area (Å²) >= 11 is 0. The summed E-state index contributed by atoms with van der Waals surface area (Å²) in [7, 11) is -1.65. The zero-order valence-corrected chi connectivity index (χ0v) is 30.9. The van der Waals surface area contributed by atoms with E-state index >= 15 is 0 Å². The molecule has 0 atom stereocenters. The van der Waals surface area contributed by atoms with Gasteiger partial charge in [0.2, 0.25) is 0 Å². The fourth-order valence-corrected chi connectivity index (χ4v) is 13.7. The maximum absolute atomic E-state index is 6.37. The van der Waals surface area contributed by atoms with E-state index in [9.17, 15) is 0 Å². The number of hydrogen-bond donors (Lipinski definition) is 0. The van der Waals surface area contributed by atoms with E-state index in [-0.39, 0.29) is 0 Å². The Kier molecular flexibility index (Phi) is 8.47. The number of fused-ring (bicyclic) bond motifs is 4. The molecule has 6 aromatic carbocycles. The first-order valence-electron chi connectivity index (χ1n) is 18.5. The number of benzene rings is 6. The Balaban J connectivity index is 1.09. The zero-order valence-electron chi connectivity index (χ0n) is 29.1. The molecule has 0 saturated heterocycles. The van der Waals surface area contributed by atoms with Crippen LogP contribution in [0, 0.1) is 0 Å². The highest BCUT2D eigenvalue weighted by Gasteiger charge is 2.31. The summed E-state index contributed by atoms with van der Waals surface area (Å²) in [5.74, 6) is 4.34. The first-order chi connectivity index (χ1) is 25.8. The van der Waals surface area contributed by atoms with Crippen molar-refractivity contribution in [3.8, 4) is 34.1 Å². The topological polar surface area (TPSA) is 36.9 Å². The number of para-hydroxylation sites is 4. The third-order valence-corrected chi connectivity index (χ3v) is 16.0. The SMILES string of the molecule is c1ccc(-c2ccccc2CP(c2cccc3c2OCC3)c2cccc3c2OCC3)c(CP(c2cccc3c2OCC3)c2cccc3c2OCC3)c1. The molecule has 0 amide bonds. The van der Waals surface area contributed by atoms with Crippen LogP contribution >= 0.6 is 15.8 Å². The lowest BCUT2D eigenvalue weighted by Crippen LogP contribution is -2.18. The number of rotatable bonds is 9. The highest BCUT2D eigenvalue weighted by molar-refractivity contribution is 7.73. The molecule has 0 bridgehead atoms. The lowest BCUT2D eigenvalue weighted by atomic mass is 9.97. The van der Waals surface area contributed by atoms with Crippen LogP contribution < -0.4 is 40.2 Å². The Hall–Kier alpha value is -4.62. The maximum atomic E-state index is 6.37. The molecule has 6 aromatic rings. The van der Waals surface area contributed by atoms with E-state index in [1.807, 2.05) is 0 Å². The van der Waals surface area contributed by atoms with Crippen LogP contribution in [0.3, 0.4) is 0 Å². The molecule has 10 rings (SSSR count). The number of ether oxygens (including phenoxy) is 4. The van der Waals surface area contributed by atoms with Crippen molar-refractivity contribution in [2.45, 2.75) is 38.0 Å². The van der Waals surface area contributed by atoms with Crippen LogP contribution in [-0.4, -0.2) is 26.4 Å². The van der Waals surface area contributed by atoms with E-state index in [2.05, 4.69) is 121 Å². The summed E-state index contributed by atoms with van der Waals surface area (Å²) in [6, 6.07) is 45.2. The first-order valence-corrected chi connectivity index (χ1v) is 21.6. The van der Waals surface area contributed by atoms with Gasteiger partial charge in [0, 0.05) is 59.2 Å². The predicted octanol–water partition coefficient (Wildman–Crippen LogP) is 8.36. The molecule has 0 fully saturated rings. The van der Waals surface area contributed by atoms with Gasteiger partial charge < -0.3 is 18.9 Å². The van der Waals surface area contributed by atoms with Crippen molar-refractivity contribution >= 4 is 37.1 Å². The van der Waals surface area contributed by atoms with Gasteiger partial charge in [-0.15, -0.1) is 0 Å². The van der Waals surface area contributed by atoms with Crippen molar-refractivity contribution in [1.29, 1.82) is 0 Å². The Morgan fingerprint density at radius 1 is 0.346 bits per heavy atom. The fraction of sp³-hybridized carbons (Fsp3) is 0.217. The van der Waals surface area contributed by atoms with Crippen molar-refractivity contribution in [2.24, 2.45) is 0 Å². The quantitative estimate of drug-likeness (QED) is 0.141. The molecule has 4 nitrogen and oxygen atoms in total. The summed E-state index contributed by atoms with van der Waals surface area (Å²) in [5, 5.41) is 5.26. The molecule has 0 saturated carbocycles. The molecule has 0 aromatic heterocycles. The third-order valence-electron chi connectivity index (χ3n) is 10.9. The second kappa shape index (κ2) is 13.7. The van der Waals surface area contributed by atoms with Crippen LogP contribution in [0.2, 0.25) is 0 Å². The van der Waals surface area contributed by atoms with Gasteiger partial charge in [0.1, 0.15) is 23.0 Å². The second-order valence-corrected chi connectivity index (χ2v) is 18.2. The van der Waals surface area contributed by atoms with Crippen LogP contribution in [0.5, 0.6) is 23.0 Å². The monoisotopic (exact) mass is 718 g/mol. The minimum absolute atomic E-state index is 0.747. The minimum Gasteiger partial charge on any atom is -0.492 e. The summed E-state index contributed by atoms with van der Waals surface area (Å²) < 4.78 is 25.5. The summed E-state index contributed by atoms with van der Waals surface area (Å²) in [4.78, 5) is 0. The summed E-state index contributed by atoms with van der Waals surface area (Å²) in [6.07, 6.45) is 5.66. The molecule has 0 unspecified atom stereocenters. The summed E-state index contributed by atoms with van der Waals surface area (Å²) in [5.41, 5.74) is 10.6. The van der Waals surface area contributed by atoms with E-state index in [4.69, 9.17) is 18.9 Å². The van der Waals surface area contributed by atoms with Crippen LogP contribution in [0.4, 0.5) is 0 Å². The van der Waals surface area contributed by atoms with Crippen molar-refractivity contribution in [3.05, 3.63) is 155 Å². The zero-order chi connectivity index (χ0) is 34.4. The maximum Gasteiger partial charge on any atom is 0.130 e. The van der Waals surface area contributed by atoms with Gasteiger partial charge in [-0.1, -0.05) is 121 Å². The van der Waals surface area contributed by atoms with Crippen LogP contribution in [-0.2, 0) is 38.0 Å². The number of hydrogen-bond acceptors (Lipinski definition) is 4. The van der Waals surface area contributed by atoms with E-state index in [0.29, 0.717) is 0 Å². The Bertz CT molecular complexity index is 2040. The van der Waals surface area contributed by atoms with Gasteiger partial charge >= 0.3 is 0 Å². The van der Waals surface area contributed by atoms with Gasteiger partial charge in [-0.2, -0.15) is 0 Å². The van der Waals surface area contributed by atoms with Crippen molar-refractivity contribution in [1.82, 2.24) is 0 Å². The van der Waals surface area contributed by atoms with Crippen LogP contribution in [0.15, 0.2) is 121 Å². The molecular weight excluding hydrogens is 678 g/mol. The molecule has 4 aliphatic rings. The predicted molar refractivity (Wildman–Crippen MR) is 214 cm³/mol. The molecule has 4 aliphatic heterocycles. The van der Waals surface area contributed by atoms with Crippen molar-refractivity contribution in [3.63, 3.8) is 0 Å². The van der Waals surface area contributed by atoms with Crippen LogP contribution in [0.25, 0.3) is 11.1 Å². The van der Waals surface area contributed by atoms with E-state index in [0.717, 1.165) is 87.4 Å². The normalized spacial score (nSPS) is 15.0. The largest absolute Gasteiger partial charge is 0.492 e. The molecule has 0 radical (unpaired) electrons. The van der Waals surface area contributed by atoms with Gasteiger partial charge in [-0.05, 0) is 60.4 Å².